The van der Waals surface area contributed by atoms with E-state index in [9.17, 15) is 4.79 Å². The van der Waals surface area contributed by atoms with Crippen LogP contribution >= 0.6 is 0 Å². The van der Waals surface area contributed by atoms with Crippen molar-refractivity contribution in [2.45, 2.75) is 12.5 Å². The predicted octanol–water partition coefficient (Wildman–Crippen LogP) is 2.92. The van der Waals surface area contributed by atoms with Crippen molar-refractivity contribution < 1.29 is 9.53 Å². The average molecular weight is 348 g/mol. The Morgan fingerprint density at radius 1 is 1.12 bits per heavy atom. The molecule has 1 atom stereocenters. The monoisotopic (exact) mass is 348 g/mol. The maximum Gasteiger partial charge on any atom is 0.328 e. The summed E-state index contributed by atoms with van der Waals surface area (Å²) in [5.74, 6) is 0.208. The maximum atomic E-state index is 12.2. The van der Waals surface area contributed by atoms with Crippen LogP contribution in [-0.2, 0) is 16.0 Å². The van der Waals surface area contributed by atoms with Gasteiger partial charge in [0.2, 0.25) is 0 Å². The topological polar surface area (TPSA) is 90.1 Å². The van der Waals surface area contributed by atoms with Crippen LogP contribution < -0.4 is 11.1 Å². The molecule has 2 aromatic carbocycles. The number of carbonyl (C=O) groups excluding carboxylic acids is 1. The second-order valence-electron chi connectivity index (χ2n) is 5.82. The summed E-state index contributed by atoms with van der Waals surface area (Å²) in [7, 11) is 1.38. The zero-order valence-corrected chi connectivity index (χ0v) is 14.4. The molecule has 1 aromatic heterocycles. The van der Waals surface area contributed by atoms with E-state index in [1.54, 1.807) is 6.07 Å². The molecule has 132 valence electrons. The number of nitrogens with one attached hydrogen (secondary N) is 1. The number of hydrogen-bond donors (Lipinski definition) is 2. The first-order chi connectivity index (χ1) is 12.7. The summed E-state index contributed by atoms with van der Waals surface area (Å²) in [4.78, 5) is 20.7. The molecule has 26 heavy (non-hydrogen) atoms. The standard InChI is InChI=1S/C20H20N4O2/c1-26-20(25)18(11-14-5-3-2-4-6-14)24-19-12-17(22-13-23-19)15-7-9-16(21)10-8-15/h2-10,12-13,18H,11,21H2,1H3,(H,22,23,24). The van der Waals surface area contributed by atoms with Crippen molar-refractivity contribution in [1.29, 1.82) is 0 Å². The molecule has 0 aliphatic rings. The molecule has 0 fully saturated rings. The molecular weight excluding hydrogens is 328 g/mol. The number of rotatable bonds is 6. The van der Waals surface area contributed by atoms with Gasteiger partial charge in [0.15, 0.2) is 0 Å². The van der Waals surface area contributed by atoms with Gasteiger partial charge in [-0.1, -0.05) is 42.5 Å². The van der Waals surface area contributed by atoms with E-state index < -0.39 is 6.04 Å². The first-order valence-electron chi connectivity index (χ1n) is 8.22. The quantitative estimate of drug-likeness (QED) is 0.526. The Balaban J connectivity index is 1.81. The number of anilines is 2. The van der Waals surface area contributed by atoms with Crippen LogP contribution in [0.25, 0.3) is 11.3 Å². The third-order valence-corrected chi connectivity index (χ3v) is 3.96. The SMILES string of the molecule is COC(=O)C(Cc1ccccc1)Nc1cc(-c2ccc(N)cc2)ncn1. The molecule has 3 rings (SSSR count). The number of nitrogen functional groups attached to an aromatic ring is 1. The molecule has 6 nitrogen and oxygen atoms in total. The van der Waals surface area contributed by atoms with Gasteiger partial charge in [-0.25, -0.2) is 14.8 Å². The smallest absolute Gasteiger partial charge is 0.328 e. The third-order valence-electron chi connectivity index (χ3n) is 3.96. The minimum atomic E-state index is -0.545. The molecule has 1 unspecified atom stereocenters. The summed E-state index contributed by atoms with van der Waals surface area (Å²) in [5.41, 5.74) is 9.11. The lowest BCUT2D eigenvalue weighted by Crippen LogP contribution is -2.33. The first kappa shape index (κ1) is 17.4. The van der Waals surface area contributed by atoms with Crippen LogP contribution in [0.4, 0.5) is 11.5 Å². The summed E-state index contributed by atoms with van der Waals surface area (Å²) in [6.07, 6.45) is 1.96. The predicted molar refractivity (Wildman–Crippen MR) is 101 cm³/mol. The fourth-order valence-corrected chi connectivity index (χ4v) is 2.61. The highest BCUT2D eigenvalue weighted by Gasteiger charge is 2.20. The zero-order valence-electron chi connectivity index (χ0n) is 14.4. The van der Waals surface area contributed by atoms with Crippen molar-refractivity contribution >= 4 is 17.5 Å². The maximum absolute atomic E-state index is 12.2. The van der Waals surface area contributed by atoms with Crippen LogP contribution in [0, 0.1) is 0 Å². The molecule has 0 spiro atoms. The second kappa shape index (κ2) is 8.11. The zero-order chi connectivity index (χ0) is 18.4. The van der Waals surface area contributed by atoms with Gasteiger partial charge in [-0.15, -0.1) is 0 Å². The van der Waals surface area contributed by atoms with Gasteiger partial charge in [0.1, 0.15) is 18.2 Å². The molecule has 6 heteroatoms. The van der Waals surface area contributed by atoms with E-state index >= 15 is 0 Å². The molecule has 3 aromatic rings. The average Bonchev–Trinajstić information content (AvgIpc) is 2.68. The highest BCUT2D eigenvalue weighted by molar-refractivity contribution is 5.79. The second-order valence-corrected chi connectivity index (χ2v) is 5.82. The lowest BCUT2D eigenvalue weighted by Gasteiger charge is -2.17. The Kier molecular flexibility index (Phi) is 5.43. The van der Waals surface area contributed by atoms with E-state index in [2.05, 4.69) is 15.3 Å². The molecule has 3 N–H and O–H groups in total. The van der Waals surface area contributed by atoms with E-state index in [-0.39, 0.29) is 5.97 Å². The Morgan fingerprint density at radius 2 is 1.85 bits per heavy atom. The van der Waals surface area contributed by atoms with Crippen molar-refractivity contribution in [3.8, 4) is 11.3 Å². The lowest BCUT2D eigenvalue weighted by atomic mass is 10.1. The van der Waals surface area contributed by atoms with Gasteiger partial charge in [-0.2, -0.15) is 0 Å². The number of aromatic nitrogens is 2. The van der Waals surface area contributed by atoms with Crippen molar-refractivity contribution in [3.63, 3.8) is 0 Å². The van der Waals surface area contributed by atoms with Crippen LogP contribution in [0.15, 0.2) is 67.0 Å². The van der Waals surface area contributed by atoms with E-state index in [0.717, 1.165) is 16.8 Å². The lowest BCUT2D eigenvalue weighted by molar-refractivity contribution is -0.141. The van der Waals surface area contributed by atoms with Crippen molar-refractivity contribution in [1.82, 2.24) is 9.97 Å². The van der Waals surface area contributed by atoms with Gasteiger partial charge in [0.05, 0.1) is 12.8 Å². The van der Waals surface area contributed by atoms with Gasteiger partial charge in [-0.05, 0) is 17.7 Å². The Bertz CT molecular complexity index is 866. The molecule has 0 aliphatic heterocycles. The van der Waals surface area contributed by atoms with E-state index in [0.29, 0.717) is 17.9 Å². The van der Waals surface area contributed by atoms with E-state index in [1.807, 2.05) is 54.6 Å². The normalized spacial score (nSPS) is 11.6. The molecule has 1 heterocycles. The largest absolute Gasteiger partial charge is 0.467 e. The minimum Gasteiger partial charge on any atom is -0.467 e. The number of nitrogens with two attached hydrogens (primary N) is 1. The van der Waals surface area contributed by atoms with Gasteiger partial charge in [0.25, 0.3) is 0 Å². The molecular formula is C20H20N4O2. The van der Waals surface area contributed by atoms with Crippen LogP contribution in [0.3, 0.4) is 0 Å². The number of methoxy groups -OCH3 is 1. The highest BCUT2D eigenvalue weighted by atomic mass is 16.5. The van der Waals surface area contributed by atoms with Crippen molar-refractivity contribution in [3.05, 3.63) is 72.6 Å². The Hall–Kier alpha value is -3.41. The minimum absolute atomic E-state index is 0.346. The Labute approximate surface area is 152 Å². The molecule has 0 saturated heterocycles. The number of carbonyl (C=O) groups is 1. The number of ether oxygens (including phenoxy) is 1. The van der Waals surface area contributed by atoms with Crippen molar-refractivity contribution in [2.75, 3.05) is 18.2 Å². The van der Waals surface area contributed by atoms with Gasteiger partial charge in [0, 0.05) is 23.7 Å². The van der Waals surface area contributed by atoms with Crippen LogP contribution in [0.5, 0.6) is 0 Å². The molecule has 0 amide bonds. The summed E-state index contributed by atoms with van der Waals surface area (Å²) in [6.45, 7) is 0. The third kappa shape index (κ3) is 4.36. The highest BCUT2D eigenvalue weighted by Crippen LogP contribution is 2.20. The molecule has 0 aliphatic carbocycles. The number of nitrogens with zero attached hydrogens (tertiary/aromatic N) is 2. The summed E-state index contributed by atoms with van der Waals surface area (Å²) < 4.78 is 4.93. The Morgan fingerprint density at radius 3 is 2.54 bits per heavy atom. The van der Waals surface area contributed by atoms with E-state index in [4.69, 9.17) is 10.5 Å². The van der Waals surface area contributed by atoms with E-state index in [1.165, 1.54) is 13.4 Å². The fraction of sp³-hybridized carbons (Fsp3) is 0.150. The van der Waals surface area contributed by atoms with Crippen LogP contribution in [-0.4, -0.2) is 29.1 Å². The van der Waals surface area contributed by atoms with Gasteiger partial charge < -0.3 is 15.8 Å². The van der Waals surface area contributed by atoms with Crippen LogP contribution in [0.1, 0.15) is 5.56 Å². The number of esters is 1. The summed E-state index contributed by atoms with van der Waals surface area (Å²) >= 11 is 0. The van der Waals surface area contributed by atoms with Gasteiger partial charge in [-0.3, -0.25) is 0 Å². The number of hydrogen-bond acceptors (Lipinski definition) is 6. The van der Waals surface area contributed by atoms with Gasteiger partial charge >= 0.3 is 5.97 Å². The summed E-state index contributed by atoms with van der Waals surface area (Å²) in [6, 6.07) is 18.4. The first-order valence-corrected chi connectivity index (χ1v) is 8.22. The fourth-order valence-electron chi connectivity index (χ4n) is 2.61. The summed E-state index contributed by atoms with van der Waals surface area (Å²) in [5, 5.41) is 3.15. The molecule has 0 saturated carbocycles. The molecule has 0 bridgehead atoms. The van der Waals surface area contributed by atoms with Crippen molar-refractivity contribution in [2.24, 2.45) is 0 Å². The number of benzene rings is 2. The van der Waals surface area contributed by atoms with Crippen LogP contribution in [0.2, 0.25) is 0 Å². The molecule has 0 radical (unpaired) electrons.